The van der Waals surface area contributed by atoms with E-state index in [0.717, 1.165) is 0 Å². The maximum absolute atomic E-state index is 10.5. The number of aliphatic hydroxyl groups is 4. The summed E-state index contributed by atoms with van der Waals surface area (Å²) in [6.07, 6.45) is -0.899. The summed E-state index contributed by atoms with van der Waals surface area (Å²) in [5.74, 6) is -0.607. The number of hydrogen-bond acceptors (Lipinski definition) is 6. The zero-order valence-electron chi connectivity index (χ0n) is 10.1. The van der Waals surface area contributed by atoms with Crippen molar-refractivity contribution in [2.75, 3.05) is 19.0 Å². The third kappa shape index (κ3) is 9.75. The van der Waals surface area contributed by atoms with E-state index in [9.17, 15) is 18.6 Å². The molecule has 5 N–H and O–H groups in total. The summed E-state index contributed by atoms with van der Waals surface area (Å²) in [6.45, 7) is -0.825. The molecule has 110 valence electrons. The molecule has 0 aromatic heterocycles. The van der Waals surface area contributed by atoms with Gasteiger partial charge in [0.1, 0.15) is 0 Å². The molecule has 0 aliphatic carbocycles. The van der Waals surface area contributed by atoms with E-state index in [1.54, 1.807) is 0 Å². The highest BCUT2D eigenvalue weighted by atomic mass is 32.2. The van der Waals surface area contributed by atoms with Crippen molar-refractivity contribution in [2.24, 2.45) is 5.92 Å². The highest BCUT2D eigenvalue weighted by molar-refractivity contribution is 7.85. The molecule has 0 amide bonds. The molecule has 0 rings (SSSR count). The molecule has 0 aliphatic rings. The van der Waals surface area contributed by atoms with Gasteiger partial charge in [-0.2, -0.15) is 8.42 Å². The summed E-state index contributed by atoms with van der Waals surface area (Å²) in [6, 6.07) is 0. The minimum Gasteiger partial charge on any atom is -0.394 e. The normalized spacial score (nSPS) is 17.4. The first kappa shape index (κ1) is 17.8. The van der Waals surface area contributed by atoms with E-state index in [2.05, 4.69) is 0 Å². The van der Waals surface area contributed by atoms with Crippen molar-refractivity contribution in [1.29, 1.82) is 0 Å². The first-order valence-electron chi connectivity index (χ1n) is 5.81. The Labute approximate surface area is 107 Å². The SMILES string of the molecule is O=S(=O)(O)CCCC(CC(O)CO)CC(O)CO. The summed E-state index contributed by atoms with van der Waals surface area (Å²) >= 11 is 0. The van der Waals surface area contributed by atoms with E-state index in [0.29, 0.717) is 6.42 Å². The molecular formula is C10H22O7S. The van der Waals surface area contributed by atoms with Crippen LogP contribution in [-0.4, -0.2) is 64.6 Å². The van der Waals surface area contributed by atoms with Crippen LogP contribution in [0.2, 0.25) is 0 Å². The Morgan fingerprint density at radius 3 is 1.72 bits per heavy atom. The van der Waals surface area contributed by atoms with Crippen molar-refractivity contribution >= 4 is 10.1 Å². The Balaban J connectivity index is 4.20. The first-order chi connectivity index (χ1) is 8.28. The molecule has 0 spiro atoms. The molecule has 2 atom stereocenters. The Morgan fingerprint density at radius 1 is 0.944 bits per heavy atom. The van der Waals surface area contributed by atoms with Crippen LogP contribution in [0.5, 0.6) is 0 Å². The van der Waals surface area contributed by atoms with Gasteiger partial charge in [0.25, 0.3) is 10.1 Å². The van der Waals surface area contributed by atoms with Crippen LogP contribution in [0.4, 0.5) is 0 Å². The van der Waals surface area contributed by atoms with E-state index >= 15 is 0 Å². The average molecular weight is 286 g/mol. The Bertz CT molecular complexity index is 291. The predicted molar refractivity (Wildman–Crippen MR) is 64.6 cm³/mol. The third-order valence-corrected chi connectivity index (χ3v) is 3.45. The van der Waals surface area contributed by atoms with Gasteiger partial charge in [-0.3, -0.25) is 4.55 Å². The monoisotopic (exact) mass is 286 g/mol. The maximum Gasteiger partial charge on any atom is 0.264 e. The van der Waals surface area contributed by atoms with E-state index in [1.165, 1.54) is 0 Å². The van der Waals surface area contributed by atoms with Crippen molar-refractivity contribution in [1.82, 2.24) is 0 Å². The lowest BCUT2D eigenvalue weighted by molar-refractivity contribution is 0.0422. The standard InChI is InChI=1S/C10H22O7S/c11-6-9(13)4-8(5-10(14)7-12)2-1-3-18(15,16)17/h8-14H,1-7H2,(H,15,16,17). The Morgan fingerprint density at radius 2 is 1.39 bits per heavy atom. The van der Waals surface area contributed by atoms with Crippen molar-refractivity contribution in [3.05, 3.63) is 0 Å². The third-order valence-electron chi connectivity index (χ3n) is 2.65. The zero-order chi connectivity index (χ0) is 14.2. The van der Waals surface area contributed by atoms with Crippen LogP contribution >= 0.6 is 0 Å². The van der Waals surface area contributed by atoms with E-state index in [1.807, 2.05) is 0 Å². The topological polar surface area (TPSA) is 135 Å². The van der Waals surface area contributed by atoms with Crippen molar-refractivity contribution in [3.8, 4) is 0 Å². The molecule has 0 bridgehead atoms. The van der Waals surface area contributed by atoms with Gasteiger partial charge in [0.05, 0.1) is 31.2 Å². The average Bonchev–Trinajstić information content (AvgIpc) is 2.26. The van der Waals surface area contributed by atoms with Crippen LogP contribution in [0, 0.1) is 5.92 Å². The van der Waals surface area contributed by atoms with Gasteiger partial charge in [0.15, 0.2) is 0 Å². The fraction of sp³-hybridized carbons (Fsp3) is 1.00. The predicted octanol–water partition coefficient (Wildman–Crippen LogP) is -1.24. The second-order valence-corrected chi connectivity index (χ2v) is 6.01. The lowest BCUT2D eigenvalue weighted by atomic mass is 9.91. The molecule has 0 saturated heterocycles. The number of aliphatic hydroxyl groups excluding tert-OH is 4. The largest absolute Gasteiger partial charge is 0.394 e. The summed E-state index contributed by atoms with van der Waals surface area (Å²) < 4.78 is 29.7. The molecule has 0 aromatic carbocycles. The molecule has 0 fully saturated rings. The van der Waals surface area contributed by atoms with E-state index in [4.69, 9.17) is 14.8 Å². The number of hydrogen-bond donors (Lipinski definition) is 5. The van der Waals surface area contributed by atoms with Crippen molar-refractivity contribution in [3.63, 3.8) is 0 Å². The second-order valence-electron chi connectivity index (χ2n) is 4.44. The quantitative estimate of drug-likeness (QED) is 0.317. The van der Waals surface area contributed by atoms with Gasteiger partial charge in [0.2, 0.25) is 0 Å². The van der Waals surface area contributed by atoms with Crippen molar-refractivity contribution < 1.29 is 33.4 Å². The molecule has 8 heteroatoms. The smallest absolute Gasteiger partial charge is 0.264 e. The molecule has 2 unspecified atom stereocenters. The second kappa shape index (κ2) is 8.78. The zero-order valence-corrected chi connectivity index (χ0v) is 11.0. The van der Waals surface area contributed by atoms with Gasteiger partial charge in [-0.1, -0.05) is 0 Å². The fourth-order valence-electron chi connectivity index (χ4n) is 1.80. The summed E-state index contributed by atoms with van der Waals surface area (Å²) in [5, 5.41) is 36.1. The lowest BCUT2D eigenvalue weighted by Gasteiger charge is -2.21. The van der Waals surface area contributed by atoms with Crippen LogP contribution in [0.25, 0.3) is 0 Å². The summed E-state index contributed by atoms with van der Waals surface area (Å²) in [4.78, 5) is 0. The van der Waals surface area contributed by atoms with Gasteiger partial charge >= 0.3 is 0 Å². The van der Waals surface area contributed by atoms with E-state index < -0.39 is 35.5 Å². The fourth-order valence-corrected chi connectivity index (χ4v) is 2.34. The van der Waals surface area contributed by atoms with Gasteiger partial charge in [-0.25, -0.2) is 0 Å². The van der Waals surface area contributed by atoms with Gasteiger partial charge in [-0.05, 0) is 31.6 Å². The molecule has 7 nitrogen and oxygen atoms in total. The van der Waals surface area contributed by atoms with Gasteiger partial charge in [-0.15, -0.1) is 0 Å². The van der Waals surface area contributed by atoms with Gasteiger partial charge in [0, 0.05) is 0 Å². The molecular weight excluding hydrogens is 264 g/mol. The van der Waals surface area contributed by atoms with Crippen LogP contribution in [0.15, 0.2) is 0 Å². The van der Waals surface area contributed by atoms with Crippen LogP contribution in [-0.2, 0) is 10.1 Å². The minimum absolute atomic E-state index is 0.194. The maximum atomic E-state index is 10.5. The van der Waals surface area contributed by atoms with Crippen LogP contribution in [0.3, 0.4) is 0 Å². The van der Waals surface area contributed by atoms with E-state index in [-0.39, 0.29) is 30.9 Å². The molecule has 0 radical (unpaired) electrons. The van der Waals surface area contributed by atoms with Crippen LogP contribution in [0.1, 0.15) is 25.7 Å². The first-order valence-corrected chi connectivity index (χ1v) is 7.42. The molecule has 0 heterocycles. The Hall–Kier alpha value is -0.250. The lowest BCUT2D eigenvalue weighted by Crippen LogP contribution is -2.23. The molecule has 18 heavy (non-hydrogen) atoms. The highest BCUT2D eigenvalue weighted by Crippen LogP contribution is 2.20. The molecule has 0 saturated carbocycles. The highest BCUT2D eigenvalue weighted by Gasteiger charge is 2.18. The minimum atomic E-state index is -4.01. The number of rotatable bonds is 10. The van der Waals surface area contributed by atoms with Crippen molar-refractivity contribution in [2.45, 2.75) is 37.9 Å². The molecule has 0 aliphatic heterocycles. The van der Waals surface area contributed by atoms with Crippen LogP contribution < -0.4 is 0 Å². The molecule has 0 aromatic rings. The summed E-state index contributed by atoms with van der Waals surface area (Å²) in [5.41, 5.74) is 0. The van der Waals surface area contributed by atoms with Gasteiger partial charge < -0.3 is 20.4 Å². The Kier molecular flexibility index (Phi) is 8.66. The summed E-state index contributed by atoms with van der Waals surface area (Å²) in [7, 11) is -4.01.